The van der Waals surface area contributed by atoms with E-state index in [1.807, 2.05) is 20.8 Å². The summed E-state index contributed by atoms with van der Waals surface area (Å²) in [6.07, 6.45) is 5.17. The fraction of sp³-hybridized carbons (Fsp3) is 0.778. The number of nitrogens with zero attached hydrogens (tertiary/aromatic N) is 2. The van der Waals surface area contributed by atoms with Crippen LogP contribution >= 0.6 is 0 Å². The van der Waals surface area contributed by atoms with Crippen molar-refractivity contribution in [1.82, 2.24) is 20.4 Å². The van der Waals surface area contributed by atoms with Crippen LogP contribution in [0.4, 0.5) is 9.59 Å². The summed E-state index contributed by atoms with van der Waals surface area (Å²) in [5.74, 6) is 2.00. The molecule has 3 aliphatic carbocycles. The van der Waals surface area contributed by atoms with Crippen LogP contribution in [0.15, 0.2) is 18.2 Å². The van der Waals surface area contributed by atoms with Crippen molar-refractivity contribution in [3.05, 3.63) is 29.3 Å². The fourth-order valence-corrected chi connectivity index (χ4v) is 11.1. The summed E-state index contributed by atoms with van der Waals surface area (Å²) in [5.41, 5.74) is 2.67. The first-order valence-corrected chi connectivity index (χ1v) is 20.4. The van der Waals surface area contributed by atoms with Crippen LogP contribution in [-0.4, -0.2) is 80.1 Å². The molecule has 3 amide bonds. The summed E-state index contributed by atoms with van der Waals surface area (Å²) in [6, 6.07) is 7.98. The van der Waals surface area contributed by atoms with Crippen LogP contribution in [0, 0.1) is 17.3 Å². The Hall–Kier alpha value is -2.26. The Labute approximate surface area is 272 Å². The molecular weight excluding hydrogens is 581 g/mol. The average molecular weight is 639 g/mol. The lowest BCUT2D eigenvalue weighted by Crippen LogP contribution is -2.70. The summed E-state index contributed by atoms with van der Waals surface area (Å²) >= 11 is 0. The Balaban J connectivity index is 1.35. The number of fused-ring (bicyclic) bond motifs is 1. The van der Waals surface area contributed by atoms with Crippen LogP contribution in [0.3, 0.4) is 0 Å². The highest BCUT2D eigenvalue weighted by Gasteiger charge is 2.76. The predicted octanol–water partition coefficient (Wildman–Crippen LogP) is 6.68. The molecule has 2 saturated heterocycles. The van der Waals surface area contributed by atoms with E-state index in [0.717, 1.165) is 51.1 Å². The molecule has 2 aliphatic heterocycles. The number of piperidine rings is 1. The zero-order valence-corrected chi connectivity index (χ0v) is 30.5. The molecule has 0 radical (unpaired) electrons. The molecule has 8 nitrogen and oxygen atoms in total. The largest absolute Gasteiger partial charge is 0.543 e. The number of benzene rings is 1. The second-order valence-corrected chi connectivity index (χ2v) is 22.3. The molecule has 250 valence electrons. The third-order valence-corrected chi connectivity index (χ3v) is 16.8. The molecule has 0 aromatic heterocycles. The second-order valence-electron chi connectivity index (χ2n) is 17.6. The van der Waals surface area contributed by atoms with Gasteiger partial charge in [0.25, 0.3) is 0 Å². The molecule has 9 heteroatoms. The van der Waals surface area contributed by atoms with Crippen molar-refractivity contribution >= 4 is 20.4 Å². The van der Waals surface area contributed by atoms with Crippen LogP contribution in [0.25, 0.3) is 0 Å². The monoisotopic (exact) mass is 638 g/mol. The number of urea groups is 1. The Bertz CT molecular complexity index is 1340. The molecule has 5 aliphatic rings. The van der Waals surface area contributed by atoms with E-state index in [4.69, 9.17) is 9.16 Å². The summed E-state index contributed by atoms with van der Waals surface area (Å²) < 4.78 is 12.5. The van der Waals surface area contributed by atoms with E-state index < -0.39 is 13.9 Å². The van der Waals surface area contributed by atoms with Crippen molar-refractivity contribution in [3.63, 3.8) is 0 Å². The van der Waals surface area contributed by atoms with Gasteiger partial charge in [-0.1, -0.05) is 26.8 Å². The highest BCUT2D eigenvalue weighted by Crippen LogP contribution is 2.75. The number of amides is 3. The van der Waals surface area contributed by atoms with Gasteiger partial charge in [0.1, 0.15) is 11.4 Å². The van der Waals surface area contributed by atoms with Gasteiger partial charge in [0.2, 0.25) is 8.32 Å². The van der Waals surface area contributed by atoms with E-state index >= 15 is 0 Å². The molecule has 4 fully saturated rings. The van der Waals surface area contributed by atoms with E-state index in [1.165, 1.54) is 17.5 Å². The standard InChI is InChI=1S/C36H58N4O4Si/c1-23(2)38-31(41)40-22-25-21-35-14-13-28(40)30(25)36(35)15-17-39(18-16-37-32(42)43-33(3,4)5)29(35)19-24-11-12-26(20-27(24)36)44-45(9,10)34(6,7)8/h11-12,20,23,25,28-30H,13-19,21-22H2,1-10H3,(H,37,42)(H,38,41)/t25-,28-,29-,30-,35-,36+/m1/s1. The minimum absolute atomic E-state index is 0.0353. The van der Waals surface area contributed by atoms with Gasteiger partial charge in [-0.05, 0) is 132 Å². The first-order chi connectivity index (χ1) is 20.9. The lowest BCUT2D eigenvalue weighted by Gasteiger charge is -2.66. The van der Waals surface area contributed by atoms with E-state index in [1.54, 1.807) is 0 Å². The van der Waals surface area contributed by atoms with Gasteiger partial charge in [-0.25, -0.2) is 9.59 Å². The van der Waals surface area contributed by atoms with Gasteiger partial charge in [-0.15, -0.1) is 0 Å². The van der Waals surface area contributed by atoms with Crippen molar-refractivity contribution in [1.29, 1.82) is 0 Å². The van der Waals surface area contributed by atoms with Crippen LogP contribution < -0.4 is 15.1 Å². The number of hydrogen-bond donors (Lipinski definition) is 2. The molecule has 2 saturated carbocycles. The van der Waals surface area contributed by atoms with Crippen LogP contribution in [0.2, 0.25) is 18.1 Å². The third-order valence-electron chi connectivity index (χ3n) is 12.5. The van der Waals surface area contributed by atoms with Crippen LogP contribution in [-0.2, 0) is 16.6 Å². The minimum Gasteiger partial charge on any atom is -0.543 e. The maximum absolute atomic E-state index is 13.5. The van der Waals surface area contributed by atoms with Crippen molar-refractivity contribution in [2.75, 3.05) is 26.2 Å². The minimum atomic E-state index is -2.01. The molecule has 0 unspecified atom stereocenters. The Morgan fingerprint density at radius 2 is 1.84 bits per heavy atom. The highest BCUT2D eigenvalue weighted by atomic mass is 28.4. The summed E-state index contributed by atoms with van der Waals surface area (Å²) in [7, 11) is -2.01. The molecule has 4 bridgehead atoms. The van der Waals surface area contributed by atoms with Crippen LogP contribution in [0.1, 0.15) is 92.2 Å². The number of likely N-dealkylation sites (tertiary alicyclic amines) is 2. The quantitative estimate of drug-likeness (QED) is 0.340. The summed E-state index contributed by atoms with van der Waals surface area (Å²) in [4.78, 5) is 30.9. The number of alkyl carbamates (subject to hydrolysis) is 1. The van der Waals surface area contributed by atoms with Gasteiger partial charge in [-0.2, -0.15) is 0 Å². The fourth-order valence-electron chi connectivity index (χ4n) is 10.0. The zero-order chi connectivity index (χ0) is 32.7. The Morgan fingerprint density at radius 1 is 1.11 bits per heavy atom. The molecule has 6 rings (SSSR count). The number of ether oxygens (including phenoxy) is 1. The predicted molar refractivity (Wildman–Crippen MR) is 181 cm³/mol. The van der Waals surface area contributed by atoms with Gasteiger partial charge < -0.3 is 24.7 Å². The molecule has 1 aromatic carbocycles. The maximum atomic E-state index is 13.5. The SMILES string of the molecule is CC(C)NC(=O)N1C[C@H]2C[C@@]34CC[C@@H]1[C@@H]2[C@@]31CCN(CCNC(=O)OC(C)(C)C)[C@@H]4Cc2ccc(O[Si](C)(C)C(C)(C)C)cc21. The molecule has 2 heterocycles. The van der Waals surface area contributed by atoms with Gasteiger partial charge >= 0.3 is 12.1 Å². The summed E-state index contributed by atoms with van der Waals surface area (Å²) in [6.45, 7) is 24.7. The lowest BCUT2D eigenvalue weighted by atomic mass is 9.43. The number of carbonyl (C=O) groups excluding carboxylic acids is 2. The molecule has 0 spiro atoms. The van der Waals surface area contributed by atoms with Crippen molar-refractivity contribution < 1.29 is 18.8 Å². The molecule has 6 atom stereocenters. The van der Waals surface area contributed by atoms with Crippen molar-refractivity contribution in [2.45, 2.75) is 135 Å². The number of rotatable bonds is 6. The van der Waals surface area contributed by atoms with Crippen molar-refractivity contribution in [3.8, 4) is 5.75 Å². The van der Waals surface area contributed by atoms with E-state index in [2.05, 4.69) is 86.3 Å². The molecule has 1 aromatic rings. The highest BCUT2D eigenvalue weighted by molar-refractivity contribution is 6.74. The van der Waals surface area contributed by atoms with Crippen LogP contribution in [0.5, 0.6) is 5.75 Å². The smallest absolute Gasteiger partial charge is 0.407 e. The van der Waals surface area contributed by atoms with E-state index in [0.29, 0.717) is 24.4 Å². The van der Waals surface area contributed by atoms with Gasteiger partial charge in [-0.3, -0.25) is 4.90 Å². The topological polar surface area (TPSA) is 83.1 Å². The molecule has 2 N–H and O–H groups in total. The third kappa shape index (κ3) is 5.28. The lowest BCUT2D eigenvalue weighted by molar-refractivity contribution is -0.0996. The number of nitrogens with one attached hydrogen (secondary N) is 2. The second kappa shape index (κ2) is 10.9. The average Bonchev–Trinajstić information content (AvgIpc) is 3.34. The van der Waals surface area contributed by atoms with Crippen molar-refractivity contribution in [2.24, 2.45) is 17.3 Å². The Morgan fingerprint density at radius 3 is 2.51 bits per heavy atom. The number of carbonyl (C=O) groups is 2. The zero-order valence-electron chi connectivity index (χ0n) is 29.5. The normalized spacial score (nSPS) is 32.2. The van der Waals surface area contributed by atoms with E-state index in [9.17, 15) is 9.59 Å². The van der Waals surface area contributed by atoms with E-state index in [-0.39, 0.29) is 40.1 Å². The van der Waals surface area contributed by atoms with Gasteiger partial charge in [0.05, 0.1) is 0 Å². The summed E-state index contributed by atoms with van der Waals surface area (Å²) in [5, 5.41) is 6.37. The first-order valence-electron chi connectivity index (χ1n) is 17.5. The number of hydrogen-bond acceptors (Lipinski definition) is 5. The molecular formula is C36H58N4O4Si. The maximum Gasteiger partial charge on any atom is 0.407 e. The van der Waals surface area contributed by atoms with Gasteiger partial charge in [0, 0.05) is 43.2 Å². The van der Waals surface area contributed by atoms with Gasteiger partial charge in [0.15, 0.2) is 0 Å². The first kappa shape index (κ1) is 32.7. The molecule has 45 heavy (non-hydrogen) atoms. The Kier molecular flexibility index (Phi) is 7.91.